The summed E-state index contributed by atoms with van der Waals surface area (Å²) in [5.74, 6) is 0.270. The molecular weight excluding hydrogens is 393 g/mol. The zero-order valence-electron chi connectivity index (χ0n) is 14.1. The summed E-state index contributed by atoms with van der Waals surface area (Å²) in [5.41, 5.74) is 0.623. The molecule has 2 aromatic carbocycles. The number of thiazole rings is 1. The minimum atomic E-state index is -0.498. The molecule has 0 atom stereocenters. The van der Waals surface area contributed by atoms with Crippen molar-refractivity contribution in [1.82, 2.24) is 4.98 Å². The van der Waals surface area contributed by atoms with E-state index < -0.39 is 5.97 Å². The van der Waals surface area contributed by atoms with Gasteiger partial charge in [0.05, 0.1) is 5.69 Å². The number of carbonyl (C=O) groups is 1. The van der Waals surface area contributed by atoms with Gasteiger partial charge in [0, 0.05) is 10.4 Å². The maximum absolute atomic E-state index is 12.8. The van der Waals surface area contributed by atoms with Crippen LogP contribution in [0.1, 0.15) is 10.7 Å². The van der Waals surface area contributed by atoms with Crippen molar-refractivity contribution in [3.05, 3.63) is 75.5 Å². The number of rotatable bonds is 8. The Morgan fingerprint density at radius 1 is 1.00 bits per heavy atom. The van der Waals surface area contributed by atoms with Crippen LogP contribution in [0.25, 0.3) is 0 Å². The molecule has 0 aliphatic carbocycles. The Hall–Kier alpha value is -2.64. The first-order valence-corrected chi connectivity index (χ1v) is 9.20. The topological polar surface area (TPSA) is 57.7 Å². The molecule has 3 rings (SSSR count). The van der Waals surface area contributed by atoms with Crippen LogP contribution < -0.4 is 9.47 Å². The lowest BCUT2D eigenvalue weighted by Crippen LogP contribution is -2.14. The highest BCUT2D eigenvalue weighted by atomic mass is 35.5. The molecule has 1 aromatic heterocycles. The fourth-order valence-electron chi connectivity index (χ4n) is 2.03. The number of benzene rings is 2. The van der Waals surface area contributed by atoms with Crippen molar-refractivity contribution in [2.45, 2.75) is 13.2 Å². The van der Waals surface area contributed by atoms with E-state index in [2.05, 4.69) is 4.98 Å². The van der Waals surface area contributed by atoms with Gasteiger partial charge in [0.1, 0.15) is 35.5 Å². The summed E-state index contributed by atoms with van der Waals surface area (Å²) < 4.78 is 28.8. The first-order valence-electron chi connectivity index (χ1n) is 7.94. The molecule has 0 aliphatic rings. The Labute approximate surface area is 164 Å². The highest BCUT2D eigenvalue weighted by molar-refractivity contribution is 7.09. The van der Waals surface area contributed by atoms with Crippen molar-refractivity contribution in [3.8, 4) is 11.5 Å². The highest BCUT2D eigenvalue weighted by Gasteiger charge is 2.08. The molecule has 0 bridgehead atoms. The van der Waals surface area contributed by atoms with E-state index in [1.54, 1.807) is 41.8 Å². The lowest BCUT2D eigenvalue weighted by atomic mass is 10.3. The van der Waals surface area contributed by atoms with Crippen molar-refractivity contribution in [2.24, 2.45) is 0 Å². The normalized spacial score (nSPS) is 10.4. The Balaban J connectivity index is 1.40. The summed E-state index contributed by atoms with van der Waals surface area (Å²) in [6.45, 7) is 0.103. The third kappa shape index (κ3) is 6.23. The second kappa shape index (κ2) is 9.34. The predicted octanol–water partition coefficient (Wildman–Crippen LogP) is 4.64. The van der Waals surface area contributed by atoms with E-state index >= 15 is 0 Å². The van der Waals surface area contributed by atoms with Gasteiger partial charge >= 0.3 is 5.97 Å². The Bertz CT molecular complexity index is 883. The van der Waals surface area contributed by atoms with E-state index in [0.29, 0.717) is 22.2 Å². The van der Waals surface area contributed by atoms with Gasteiger partial charge in [0.2, 0.25) is 0 Å². The van der Waals surface area contributed by atoms with Crippen molar-refractivity contribution in [2.75, 3.05) is 6.61 Å². The first-order chi connectivity index (χ1) is 13.1. The molecule has 0 amide bonds. The second-order valence-corrected chi connectivity index (χ2v) is 6.76. The Morgan fingerprint density at radius 3 is 2.41 bits per heavy atom. The molecule has 0 radical (unpaired) electrons. The molecule has 0 unspecified atom stereocenters. The number of nitrogens with zero attached hydrogens (tertiary/aromatic N) is 1. The lowest BCUT2D eigenvalue weighted by molar-refractivity contribution is -0.147. The van der Waals surface area contributed by atoms with Crippen LogP contribution in [0.2, 0.25) is 5.02 Å². The van der Waals surface area contributed by atoms with E-state index in [1.807, 2.05) is 0 Å². The minimum absolute atomic E-state index is 0.0514. The number of aromatic nitrogens is 1. The first kappa shape index (κ1) is 19.1. The molecule has 5 nitrogen and oxygen atoms in total. The van der Waals surface area contributed by atoms with Crippen LogP contribution in [0.3, 0.4) is 0 Å². The summed E-state index contributed by atoms with van der Waals surface area (Å²) in [4.78, 5) is 16.1. The van der Waals surface area contributed by atoms with Crippen LogP contribution in [0, 0.1) is 5.82 Å². The van der Waals surface area contributed by atoms with E-state index in [1.165, 1.54) is 23.5 Å². The average Bonchev–Trinajstić information content (AvgIpc) is 3.13. The molecule has 3 aromatic rings. The molecule has 140 valence electrons. The van der Waals surface area contributed by atoms with Gasteiger partial charge in [-0.2, -0.15) is 0 Å². The van der Waals surface area contributed by atoms with Crippen LogP contribution >= 0.6 is 22.9 Å². The second-order valence-electron chi connectivity index (χ2n) is 5.38. The maximum atomic E-state index is 12.8. The van der Waals surface area contributed by atoms with Crippen LogP contribution in [-0.4, -0.2) is 17.6 Å². The maximum Gasteiger partial charge on any atom is 0.344 e. The third-order valence-corrected chi connectivity index (χ3v) is 4.45. The molecule has 0 saturated carbocycles. The van der Waals surface area contributed by atoms with Gasteiger partial charge in [-0.15, -0.1) is 11.3 Å². The fraction of sp³-hybridized carbons (Fsp3) is 0.158. The zero-order valence-corrected chi connectivity index (χ0v) is 15.6. The molecule has 0 fully saturated rings. The van der Waals surface area contributed by atoms with Crippen molar-refractivity contribution >= 4 is 28.9 Å². The average molecular weight is 408 g/mol. The molecule has 1 heterocycles. The Morgan fingerprint density at radius 2 is 1.67 bits per heavy atom. The molecule has 8 heteroatoms. The van der Waals surface area contributed by atoms with E-state index in [4.69, 9.17) is 25.8 Å². The van der Waals surface area contributed by atoms with Crippen molar-refractivity contribution < 1.29 is 23.4 Å². The summed E-state index contributed by atoms with van der Waals surface area (Å²) in [5, 5.41) is 3.10. The van der Waals surface area contributed by atoms with Gasteiger partial charge in [0.15, 0.2) is 6.61 Å². The smallest absolute Gasteiger partial charge is 0.344 e. The molecule has 0 N–H and O–H groups in total. The zero-order chi connectivity index (χ0) is 19.1. The van der Waals surface area contributed by atoms with Gasteiger partial charge in [-0.1, -0.05) is 11.6 Å². The van der Waals surface area contributed by atoms with Crippen molar-refractivity contribution in [1.29, 1.82) is 0 Å². The van der Waals surface area contributed by atoms with Gasteiger partial charge in [-0.25, -0.2) is 14.2 Å². The number of halogens is 2. The number of esters is 1. The van der Waals surface area contributed by atoms with Gasteiger partial charge in [-0.3, -0.25) is 0 Å². The minimum Gasteiger partial charge on any atom is -0.486 e. The summed E-state index contributed by atoms with van der Waals surface area (Å²) in [7, 11) is 0. The van der Waals surface area contributed by atoms with Gasteiger partial charge < -0.3 is 14.2 Å². The quantitative estimate of drug-likeness (QED) is 0.509. The van der Waals surface area contributed by atoms with Crippen LogP contribution in [0.4, 0.5) is 4.39 Å². The molecule has 0 saturated heterocycles. The molecule has 0 aliphatic heterocycles. The van der Waals surface area contributed by atoms with Crippen molar-refractivity contribution in [3.63, 3.8) is 0 Å². The third-order valence-electron chi connectivity index (χ3n) is 3.33. The molecular formula is C19H15ClFNO4S. The summed E-state index contributed by atoms with van der Waals surface area (Å²) >= 11 is 7.17. The highest BCUT2D eigenvalue weighted by Crippen LogP contribution is 2.17. The predicted molar refractivity (Wildman–Crippen MR) is 99.6 cm³/mol. The van der Waals surface area contributed by atoms with Gasteiger partial charge in [-0.05, 0) is 48.5 Å². The monoisotopic (exact) mass is 407 g/mol. The van der Waals surface area contributed by atoms with Gasteiger partial charge in [0.25, 0.3) is 0 Å². The van der Waals surface area contributed by atoms with Crippen LogP contribution in [0.15, 0.2) is 53.9 Å². The summed E-state index contributed by atoms with van der Waals surface area (Å²) in [6, 6.07) is 12.4. The largest absolute Gasteiger partial charge is 0.486 e. The van der Waals surface area contributed by atoms with Crippen LogP contribution in [0.5, 0.6) is 11.5 Å². The van der Waals surface area contributed by atoms with Crippen LogP contribution in [-0.2, 0) is 22.7 Å². The SMILES string of the molecule is O=C(COc1ccc(Cl)cc1)OCc1csc(COc2ccc(F)cc2)n1. The molecule has 0 spiro atoms. The van der Waals surface area contributed by atoms with E-state index in [-0.39, 0.29) is 25.6 Å². The lowest BCUT2D eigenvalue weighted by Gasteiger charge is -2.06. The fourth-order valence-corrected chi connectivity index (χ4v) is 2.84. The standard InChI is InChI=1S/C19H15ClFNO4S/c20-13-1-5-16(6-2-13)25-11-19(23)26-9-15-12-27-18(22-15)10-24-17-7-3-14(21)4-8-17/h1-8,12H,9-11H2. The number of ether oxygens (including phenoxy) is 3. The number of hydrogen-bond acceptors (Lipinski definition) is 6. The summed E-state index contributed by atoms with van der Waals surface area (Å²) in [6.07, 6.45) is 0. The van der Waals surface area contributed by atoms with E-state index in [0.717, 1.165) is 5.01 Å². The number of hydrogen-bond donors (Lipinski definition) is 0. The molecule has 27 heavy (non-hydrogen) atoms. The number of carbonyl (C=O) groups excluding carboxylic acids is 1. The van der Waals surface area contributed by atoms with E-state index in [9.17, 15) is 9.18 Å². The Kier molecular flexibility index (Phi) is 6.62.